The summed E-state index contributed by atoms with van der Waals surface area (Å²) in [5, 5.41) is 1.28. The Labute approximate surface area is 171 Å². The van der Waals surface area contributed by atoms with Gasteiger partial charge in [-0.15, -0.1) is 0 Å². The first-order chi connectivity index (χ1) is 14.5. The number of carbonyl (C=O) groups is 1. The third-order valence-electron chi connectivity index (χ3n) is 4.83. The molecule has 30 heavy (non-hydrogen) atoms. The van der Waals surface area contributed by atoms with Crippen LogP contribution in [0.1, 0.15) is 29.8 Å². The predicted octanol–water partition coefficient (Wildman–Crippen LogP) is 3.40. The van der Waals surface area contributed by atoms with Gasteiger partial charge in [-0.05, 0) is 37.1 Å². The van der Waals surface area contributed by atoms with Gasteiger partial charge in [0.1, 0.15) is 18.0 Å². The van der Waals surface area contributed by atoms with Crippen molar-refractivity contribution >= 4 is 27.8 Å². The molecule has 0 aliphatic carbocycles. The number of rotatable bonds is 6. The molecule has 7 nitrogen and oxygen atoms in total. The fourth-order valence-electron chi connectivity index (χ4n) is 3.34. The van der Waals surface area contributed by atoms with Gasteiger partial charge in [-0.3, -0.25) is 9.59 Å². The molecule has 0 atom stereocenters. The number of benzene rings is 2. The normalized spacial score (nSPS) is 11.1. The Bertz CT molecular complexity index is 1350. The van der Waals surface area contributed by atoms with Crippen molar-refractivity contribution < 1.29 is 13.9 Å². The van der Waals surface area contributed by atoms with Crippen LogP contribution in [0.15, 0.2) is 62.5 Å². The minimum atomic E-state index is -0.481. The number of esters is 1. The van der Waals surface area contributed by atoms with Gasteiger partial charge in [0.15, 0.2) is 0 Å². The summed E-state index contributed by atoms with van der Waals surface area (Å²) < 4.78 is 10.6. The second-order valence-corrected chi connectivity index (χ2v) is 7.13. The Balaban J connectivity index is 1.37. The Morgan fingerprint density at radius 2 is 1.93 bits per heavy atom. The maximum atomic E-state index is 12.1. The predicted molar refractivity (Wildman–Crippen MR) is 112 cm³/mol. The summed E-state index contributed by atoms with van der Waals surface area (Å²) >= 11 is 0. The van der Waals surface area contributed by atoms with E-state index < -0.39 is 5.63 Å². The lowest BCUT2D eigenvalue weighted by Crippen LogP contribution is -2.12. The number of ether oxygens (including phenoxy) is 1. The molecule has 0 bridgehead atoms. The van der Waals surface area contributed by atoms with E-state index in [1.54, 1.807) is 24.3 Å². The molecule has 0 saturated heterocycles. The SMILES string of the molecule is Cc1ccc2c(COC(=O)CCCc3nc4ccccc4c(=O)[nH]3)cc(=O)oc2c1. The van der Waals surface area contributed by atoms with Crippen LogP contribution in [-0.4, -0.2) is 15.9 Å². The Kier molecular flexibility index (Phi) is 5.43. The quantitative estimate of drug-likeness (QED) is 0.390. The lowest BCUT2D eigenvalue weighted by molar-refractivity contribution is -0.145. The number of hydrogen-bond acceptors (Lipinski definition) is 6. The number of para-hydroxylation sites is 1. The van der Waals surface area contributed by atoms with E-state index in [9.17, 15) is 14.4 Å². The number of hydrogen-bond donors (Lipinski definition) is 1. The van der Waals surface area contributed by atoms with Crippen molar-refractivity contribution in [2.75, 3.05) is 0 Å². The average molecular weight is 404 g/mol. The maximum Gasteiger partial charge on any atom is 0.336 e. The summed E-state index contributed by atoms with van der Waals surface area (Å²) in [6.07, 6.45) is 1.11. The molecular formula is C23H20N2O5. The monoisotopic (exact) mass is 404 g/mol. The summed E-state index contributed by atoms with van der Waals surface area (Å²) in [5.41, 5.74) is 2.01. The molecule has 7 heteroatoms. The summed E-state index contributed by atoms with van der Waals surface area (Å²) in [6.45, 7) is 1.90. The molecule has 2 aromatic heterocycles. The van der Waals surface area contributed by atoms with Gasteiger partial charge in [-0.25, -0.2) is 9.78 Å². The lowest BCUT2D eigenvalue weighted by atomic mass is 10.1. The lowest BCUT2D eigenvalue weighted by Gasteiger charge is -2.08. The van der Waals surface area contributed by atoms with E-state index in [1.165, 1.54) is 6.07 Å². The van der Waals surface area contributed by atoms with Crippen LogP contribution in [0.4, 0.5) is 0 Å². The van der Waals surface area contributed by atoms with Crippen LogP contribution in [-0.2, 0) is 22.6 Å². The molecule has 0 spiro atoms. The maximum absolute atomic E-state index is 12.1. The number of H-pyrrole nitrogens is 1. The molecule has 152 valence electrons. The zero-order valence-corrected chi connectivity index (χ0v) is 16.4. The third kappa shape index (κ3) is 4.30. The molecule has 4 rings (SSSR count). The number of aromatic nitrogens is 2. The van der Waals surface area contributed by atoms with Crippen molar-refractivity contribution in [3.8, 4) is 0 Å². The van der Waals surface area contributed by atoms with Crippen LogP contribution >= 0.6 is 0 Å². The van der Waals surface area contributed by atoms with Gasteiger partial charge in [0.25, 0.3) is 5.56 Å². The van der Waals surface area contributed by atoms with Crippen LogP contribution in [0.25, 0.3) is 21.9 Å². The van der Waals surface area contributed by atoms with Crippen LogP contribution < -0.4 is 11.2 Å². The highest BCUT2D eigenvalue weighted by atomic mass is 16.5. The van der Waals surface area contributed by atoms with Crippen LogP contribution in [0.3, 0.4) is 0 Å². The van der Waals surface area contributed by atoms with E-state index in [-0.39, 0.29) is 24.6 Å². The number of aromatic amines is 1. The Morgan fingerprint density at radius 3 is 2.80 bits per heavy atom. The van der Waals surface area contributed by atoms with E-state index in [0.29, 0.717) is 40.7 Å². The van der Waals surface area contributed by atoms with Gasteiger partial charge in [-0.2, -0.15) is 0 Å². The smallest absolute Gasteiger partial charge is 0.336 e. The standard InChI is InChI=1S/C23H20N2O5/c1-14-9-10-16-15(12-22(27)30-19(16)11-14)13-29-21(26)8-4-7-20-24-18-6-3-2-5-17(18)23(28)25-20/h2-3,5-6,9-12H,4,7-8,13H2,1H3,(H,24,25,28). The van der Waals surface area contributed by atoms with Crippen molar-refractivity contribution in [1.82, 2.24) is 9.97 Å². The zero-order chi connectivity index (χ0) is 21.1. The van der Waals surface area contributed by atoms with Crippen molar-refractivity contribution in [2.24, 2.45) is 0 Å². The first kappa shape index (κ1) is 19.6. The molecule has 1 N–H and O–H groups in total. The zero-order valence-electron chi connectivity index (χ0n) is 16.4. The third-order valence-corrected chi connectivity index (χ3v) is 4.83. The van der Waals surface area contributed by atoms with Crippen molar-refractivity contribution in [2.45, 2.75) is 32.8 Å². The number of aryl methyl sites for hydroxylation is 2. The van der Waals surface area contributed by atoms with E-state index >= 15 is 0 Å². The van der Waals surface area contributed by atoms with Crippen molar-refractivity contribution in [1.29, 1.82) is 0 Å². The topological polar surface area (TPSA) is 102 Å². The minimum absolute atomic E-state index is 0.00491. The van der Waals surface area contributed by atoms with Crippen LogP contribution in [0.2, 0.25) is 0 Å². The molecule has 0 saturated carbocycles. The summed E-state index contributed by atoms with van der Waals surface area (Å²) in [4.78, 5) is 43.2. The Morgan fingerprint density at radius 1 is 1.10 bits per heavy atom. The van der Waals surface area contributed by atoms with Gasteiger partial charge in [-0.1, -0.05) is 24.3 Å². The van der Waals surface area contributed by atoms with Crippen LogP contribution in [0.5, 0.6) is 0 Å². The Hall–Kier alpha value is -3.74. The average Bonchev–Trinajstić information content (AvgIpc) is 2.71. The number of carbonyl (C=O) groups excluding carboxylic acids is 1. The van der Waals surface area contributed by atoms with Crippen LogP contribution in [0, 0.1) is 6.92 Å². The van der Waals surface area contributed by atoms with Gasteiger partial charge in [0.2, 0.25) is 0 Å². The van der Waals surface area contributed by atoms with Gasteiger partial charge >= 0.3 is 11.6 Å². The minimum Gasteiger partial charge on any atom is -0.461 e. The van der Waals surface area contributed by atoms with Crippen molar-refractivity contribution in [3.63, 3.8) is 0 Å². The first-order valence-corrected chi connectivity index (χ1v) is 9.66. The second kappa shape index (κ2) is 8.32. The molecule has 2 aromatic carbocycles. The van der Waals surface area contributed by atoms with Gasteiger partial charge in [0, 0.05) is 29.9 Å². The first-order valence-electron chi connectivity index (χ1n) is 9.66. The molecular weight excluding hydrogens is 384 g/mol. The summed E-state index contributed by atoms with van der Waals surface area (Å²) in [7, 11) is 0. The van der Waals surface area contributed by atoms with E-state index in [2.05, 4.69) is 9.97 Å². The van der Waals surface area contributed by atoms with E-state index in [4.69, 9.17) is 9.15 Å². The molecule has 0 aliphatic rings. The van der Waals surface area contributed by atoms with Gasteiger partial charge < -0.3 is 14.1 Å². The largest absolute Gasteiger partial charge is 0.461 e. The number of nitrogens with zero attached hydrogens (tertiary/aromatic N) is 1. The molecule has 0 amide bonds. The number of nitrogens with one attached hydrogen (secondary N) is 1. The summed E-state index contributed by atoms with van der Waals surface area (Å²) in [6, 6.07) is 14.0. The van der Waals surface area contributed by atoms with Gasteiger partial charge in [0.05, 0.1) is 10.9 Å². The second-order valence-electron chi connectivity index (χ2n) is 7.13. The molecule has 0 aliphatic heterocycles. The fourth-order valence-corrected chi connectivity index (χ4v) is 3.34. The summed E-state index contributed by atoms with van der Waals surface area (Å²) in [5.74, 6) is 0.153. The van der Waals surface area contributed by atoms with Crippen molar-refractivity contribution in [3.05, 3.63) is 86.3 Å². The highest BCUT2D eigenvalue weighted by molar-refractivity contribution is 5.81. The molecule has 2 heterocycles. The number of fused-ring (bicyclic) bond motifs is 2. The molecule has 0 fully saturated rings. The molecule has 4 aromatic rings. The highest BCUT2D eigenvalue weighted by Crippen LogP contribution is 2.19. The fraction of sp³-hybridized carbons (Fsp3) is 0.217. The molecule has 0 unspecified atom stereocenters. The van der Waals surface area contributed by atoms with E-state index in [0.717, 1.165) is 10.9 Å². The highest BCUT2D eigenvalue weighted by Gasteiger charge is 2.10. The van der Waals surface area contributed by atoms with E-state index in [1.807, 2.05) is 25.1 Å². The molecule has 0 radical (unpaired) electrons.